The number of rotatable bonds is 2. The van der Waals surface area contributed by atoms with Crippen LogP contribution in [0.15, 0.2) is 0 Å². The van der Waals surface area contributed by atoms with E-state index in [1.54, 1.807) is 0 Å². The van der Waals surface area contributed by atoms with Crippen LogP contribution in [0.1, 0.15) is 0 Å². The summed E-state index contributed by atoms with van der Waals surface area (Å²) in [5, 5.41) is 8.83. The molecule has 3 heteroatoms. The Morgan fingerprint density at radius 3 is 2.00 bits per heavy atom. The lowest BCUT2D eigenvalue weighted by atomic mass is 10.5. The SMILES string of the molecule is C[Si](C)(C)[C@@]1(CO)CO1. The van der Waals surface area contributed by atoms with Gasteiger partial charge >= 0.3 is 0 Å². The smallest absolute Gasteiger partial charge is 0.103 e. The van der Waals surface area contributed by atoms with Crippen molar-refractivity contribution in [3.05, 3.63) is 0 Å². The van der Waals surface area contributed by atoms with Crippen LogP contribution in [-0.4, -0.2) is 31.6 Å². The van der Waals surface area contributed by atoms with E-state index in [4.69, 9.17) is 9.84 Å². The lowest BCUT2D eigenvalue weighted by Gasteiger charge is -2.22. The van der Waals surface area contributed by atoms with Gasteiger partial charge in [0.05, 0.1) is 21.3 Å². The van der Waals surface area contributed by atoms with Gasteiger partial charge in [0.15, 0.2) is 0 Å². The molecule has 0 aromatic carbocycles. The molecule has 0 bridgehead atoms. The third-order valence-electron chi connectivity index (χ3n) is 2.12. The highest BCUT2D eigenvalue weighted by atomic mass is 28.3. The Bertz CT molecular complexity index is 113. The number of epoxide rings is 1. The third kappa shape index (κ3) is 1.04. The van der Waals surface area contributed by atoms with Gasteiger partial charge in [-0.15, -0.1) is 0 Å². The minimum Gasteiger partial charge on any atom is -0.394 e. The second-order valence-electron chi connectivity index (χ2n) is 3.69. The predicted molar refractivity (Wildman–Crippen MR) is 39.1 cm³/mol. The van der Waals surface area contributed by atoms with Crippen molar-refractivity contribution in [3.8, 4) is 0 Å². The Balaban J connectivity index is 2.60. The summed E-state index contributed by atoms with van der Waals surface area (Å²) in [6.07, 6.45) is 0. The largest absolute Gasteiger partial charge is 0.394 e. The molecule has 54 valence electrons. The van der Waals surface area contributed by atoms with Crippen molar-refractivity contribution < 1.29 is 9.84 Å². The van der Waals surface area contributed by atoms with Crippen molar-refractivity contribution in [2.75, 3.05) is 13.2 Å². The van der Waals surface area contributed by atoms with Gasteiger partial charge in [-0.3, -0.25) is 0 Å². The quantitative estimate of drug-likeness (QED) is 0.458. The van der Waals surface area contributed by atoms with Gasteiger partial charge in [-0.25, -0.2) is 0 Å². The van der Waals surface area contributed by atoms with Crippen molar-refractivity contribution in [1.29, 1.82) is 0 Å². The van der Waals surface area contributed by atoms with Crippen molar-refractivity contribution in [3.63, 3.8) is 0 Å². The first-order chi connectivity index (χ1) is 4.02. The van der Waals surface area contributed by atoms with Gasteiger partial charge in [0.2, 0.25) is 0 Å². The Hall–Kier alpha value is 0.137. The first-order valence-electron chi connectivity index (χ1n) is 3.27. The van der Waals surface area contributed by atoms with E-state index in [9.17, 15) is 0 Å². The molecular formula is C6H14O2Si. The normalized spacial score (nSPS) is 34.7. The lowest BCUT2D eigenvalue weighted by Crippen LogP contribution is -2.44. The molecule has 1 aliphatic heterocycles. The van der Waals surface area contributed by atoms with E-state index in [0.29, 0.717) is 0 Å². The summed E-state index contributed by atoms with van der Waals surface area (Å²) in [6, 6.07) is 0. The first-order valence-corrected chi connectivity index (χ1v) is 6.77. The maximum Gasteiger partial charge on any atom is 0.103 e. The molecule has 0 unspecified atom stereocenters. The molecule has 1 atom stereocenters. The van der Waals surface area contributed by atoms with Gasteiger partial charge in [0, 0.05) is 0 Å². The number of hydrogen-bond donors (Lipinski definition) is 1. The molecule has 0 aliphatic carbocycles. The number of hydrogen-bond acceptors (Lipinski definition) is 2. The monoisotopic (exact) mass is 146 g/mol. The molecule has 1 rings (SSSR count). The van der Waals surface area contributed by atoms with E-state index in [1.165, 1.54) is 0 Å². The summed E-state index contributed by atoms with van der Waals surface area (Å²) in [4.78, 5) is 0. The molecule has 0 spiro atoms. The van der Waals surface area contributed by atoms with Crippen LogP contribution in [0.2, 0.25) is 19.6 Å². The third-order valence-corrected chi connectivity index (χ3v) is 5.30. The Labute approximate surface area is 56.8 Å². The van der Waals surface area contributed by atoms with E-state index in [1.807, 2.05) is 0 Å². The van der Waals surface area contributed by atoms with Crippen molar-refractivity contribution in [1.82, 2.24) is 0 Å². The molecule has 0 radical (unpaired) electrons. The standard InChI is InChI=1S/C6H14O2Si/c1-9(2,3)6(4-7)5-8-6/h7H,4-5H2,1-3H3/t6-/m0/s1. The molecule has 1 N–H and O–H groups in total. The van der Waals surface area contributed by atoms with Gasteiger partial charge in [-0.1, -0.05) is 19.6 Å². The van der Waals surface area contributed by atoms with Crippen molar-refractivity contribution in [2.45, 2.75) is 24.9 Å². The summed E-state index contributed by atoms with van der Waals surface area (Å²) in [7, 11) is -1.25. The van der Waals surface area contributed by atoms with E-state index < -0.39 is 8.07 Å². The van der Waals surface area contributed by atoms with E-state index >= 15 is 0 Å². The Morgan fingerprint density at radius 1 is 1.56 bits per heavy atom. The fourth-order valence-electron chi connectivity index (χ4n) is 0.849. The number of aliphatic hydroxyl groups is 1. The zero-order valence-corrected chi connectivity index (χ0v) is 7.27. The molecule has 2 nitrogen and oxygen atoms in total. The van der Waals surface area contributed by atoms with Crippen molar-refractivity contribution >= 4 is 8.07 Å². The van der Waals surface area contributed by atoms with E-state index in [-0.39, 0.29) is 11.8 Å². The Morgan fingerprint density at radius 2 is 2.00 bits per heavy atom. The average molecular weight is 146 g/mol. The zero-order valence-electron chi connectivity index (χ0n) is 6.27. The number of aliphatic hydroxyl groups excluding tert-OH is 1. The van der Waals surface area contributed by atoms with Crippen LogP contribution in [0.3, 0.4) is 0 Å². The minimum atomic E-state index is -1.25. The van der Waals surface area contributed by atoms with Crippen LogP contribution < -0.4 is 0 Å². The van der Waals surface area contributed by atoms with Crippen LogP contribution >= 0.6 is 0 Å². The zero-order chi connectivity index (χ0) is 7.12. The summed E-state index contributed by atoms with van der Waals surface area (Å²) < 4.78 is 5.22. The molecule has 1 saturated heterocycles. The summed E-state index contributed by atoms with van der Waals surface area (Å²) in [5.74, 6) is 0. The molecule has 0 amide bonds. The molecule has 0 aromatic heterocycles. The van der Waals surface area contributed by atoms with Gasteiger partial charge in [0.1, 0.15) is 5.22 Å². The molecule has 9 heavy (non-hydrogen) atoms. The highest BCUT2D eigenvalue weighted by Gasteiger charge is 2.54. The van der Waals surface area contributed by atoms with Gasteiger partial charge in [-0.2, -0.15) is 0 Å². The van der Waals surface area contributed by atoms with Crippen LogP contribution in [-0.2, 0) is 4.74 Å². The summed E-state index contributed by atoms with van der Waals surface area (Å²) in [5.41, 5.74) is 0. The first kappa shape index (κ1) is 7.25. The topological polar surface area (TPSA) is 32.8 Å². The Kier molecular flexibility index (Phi) is 1.46. The van der Waals surface area contributed by atoms with Crippen LogP contribution in [0.4, 0.5) is 0 Å². The molecule has 0 saturated carbocycles. The maximum atomic E-state index is 8.90. The van der Waals surface area contributed by atoms with Crippen LogP contribution in [0.25, 0.3) is 0 Å². The highest BCUT2D eigenvalue weighted by molar-refractivity contribution is 6.79. The minimum absolute atomic E-state index is 0.0764. The van der Waals surface area contributed by atoms with Crippen LogP contribution in [0, 0.1) is 0 Å². The maximum absolute atomic E-state index is 8.90. The molecule has 1 heterocycles. The van der Waals surface area contributed by atoms with E-state index in [0.717, 1.165) is 6.61 Å². The fraction of sp³-hybridized carbons (Fsp3) is 1.00. The predicted octanol–water partition coefficient (Wildman–Crippen LogP) is 0.625. The van der Waals surface area contributed by atoms with Crippen molar-refractivity contribution in [2.24, 2.45) is 0 Å². The molecule has 0 aromatic rings. The molecule has 1 aliphatic rings. The van der Waals surface area contributed by atoms with Gasteiger partial charge in [-0.05, 0) is 0 Å². The summed E-state index contributed by atoms with van der Waals surface area (Å²) >= 11 is 0. The molecule has 1 fully saturated rings. The molecular weight excluding hydrogens is 132 g/mol. The second-order valence-corrected chi connectivity index (χ2v) is 9.10. The van der Waals surface area contributed by atoms with E-state index in [2.05, 4.69) is 19.6 Å². The van der Waals surface area contributed by atoms with Crippen LogP contribution in [0.5, 0.6) is 0 Å². The van der Waals surface area contributed by atoms with Gasteiger partial charge < -0.3 is 9.84 Å². The number of ether oxygens (including phenoxy) is 1. The lowest BCUT2D eigenvalue weighted by molar-refractivity contribution is 0.216. The fourth-order valence-corrected chi connectivity index (χ4v) is 2.26. The average Bonchev–Trinajstić information content (AvgIpc) is 2.40. The summed E-state index contributed by atoms with van der Waals surface area (Å²) in [6.45, 7) is 7.64. The second kappa shape index (κ2) is 1.81. The highest BCUT2D eigenvalue weighted by Crippen LogP contribution is 2.36. The van der Waals surface area contributed by atoms with Gasteiger partial charge in [0.25, 0.3) is 0 Å².